The molecule has 15 heavy (non-hydrogen) atoms. The highest BCUT2D eigenvalue weighted by molar-refractivity contribution is 5.84. The van der Waals surface area contributed by atoms with Gasteiger partial charge in [0, 0.05) is 0 Å². The number of ether oxygens (including phenoxy) is 1. The van der Waals surface area contributed by atoms with Crippen molar-refractivity contribution in [3.05, 3.63) is 11.6 Å². The predicted octanol–water partition coefficient (Wildman–Crippen LogP) is -0.638. The predicted molar refractivity (Wildman–Crippen MR) is 50.9 cm³/mol. The lowest BCUT2D eigenvalue weighted by Crippen LogP contribution is -2.24. The van der Waals surface area contributed by atoms with E-state index in [0.717, 1.165) is 0 Å². The Morgan fingerprint density at radius 2 is 2.40 bits per heavy atom. The molecule has 0 aliphatic carbocycles. The number of rotatable bonds is 4. The van der Waals surface area contributed by atoms with Gasteiger partial charge in [-0.2, -0.15) is 0 Å². The van der Waals surface area contributed by atoms with E-state index in [4.69, 9.17) is 10.5 Å². The van der Waals surface area contributed by atoms with E-state index in [0.29, 0.717) is 0 Å². The van der Waals surface area contributed by atoms with Crippen LogP contribution < -0.4 is 5.73 Å². The van der Waals surface area contributed by atoms with E-state index >= 15 is 0 Å². The van der Waals surface area contributed by atoms with E-state index in [2.05, 4.69) is 15.2 Å². The molecule has 7 nitrogen and oxygen atoms in total. The minimum atomic E-state index is -0.770. The quantitative estimate of drug-likeness (QED) is 0.574. The fourth-order valence-electron chi connectivity index (χ4n) is 0.939. The molecule has 0 bridgehead atoms. The standard InChI is InChI=1S/C8H14N4O3/c1-3-15-8(14)7-10-6(11-12-7)5(9)4(2)13/h4-5,13H,3,9H2,1-2H3,(H,10,11,12)/t4-,5+/m1/s1. The first-order valence-electron chi connectivity index (χ1n) is 4.59. The van der Waals surface area contributed by atoms with Crippen LogP contribution in [0.3, 0.4) is 0 Å². The van der Waals surface area contributed by atoms with Crippen molar-refractivity contribution in [2.75, 3.05) is 6.61 Å². The lowest BCUT2D eigenvalue weighted by atomic mass is 10.2. The smallest absolute Gasteiger partial charge is 0.378 e. The van der Waals surface area contributed by atoms with Gasteiger partial charge < -0.3 is 15.6 Å². The number of hydrogen-bond donors (Lipinski definition) is 3. The van der Waals surface area contributed by atoms with Gasteiger partial charge in [-0.25, -0.2) is 9.78 Å². The van der Waals surface area contributed by atoms with Crippen LogP contribution >= 0.6 is 0 Å². The van der Waals surface area contributed by atoms with Crippen LogP contribution in [0.5, 0.6) is 0 Å². The van der Waals surface area contributed by atoms with Gasteiger partial charge in [0.1, 0.15) is 5.82 Å². The number of carbonyl (C=O) groups is 1. The Balaban J connectivity index is 2.76. The molecule has 4 N–H and O–H groups in total. The Labute approximate surface area is 86.6 Å². The van der Waals surface area contributed by atoms with Gasteiger partial charge in [0.25, 0.3) is 5.82 Å². The molecule has 0 aliphatic heterocycles. The number of carbonyl (C=O) groups excluding carboxylic acids is 1. The van der Waals surface area contributed by atoms with E-state index in [-0.39, 0.29) is 18.3 Å². The number of hydrogen-bond acceptors (Lipinski definition) is 6. The van der Waals surface area contributed by atoms with Crippen LogP contribution in [0, 0.1) is 0 Å². The summed E-state index contributed by atoms with van der Waals surface area (Å²) in [4.78, 5) is 15.0. The summed E-state index contributed by atoms with van der Waals surface area (Å²) in [5, 5.41) is 15.3. The Hall–Kier alpha value is -1.47. The van der Waals surface area contributed by atoms with Crippen molar-refractivity contribution in [1.29, 1.82) is 0 Å². The second-order valence-electron chi connectivity index (χ2n) is 3.03. The molecule has 0 radical (unpaired) electrons. The summed E-state index contributed by atoms with van der Waals surface area (Å²) in [5.74, 6) is -0.436. The van der Waals surface area contributed by atoms with Crippen molar-refractivity contribution in [3.8, 4) is 0 Å². The summed E-state index contributed by atoms with van der Waals surface area (Å²) in [5.41, 5.74) is 5.59. The summed E-state index contributed by atoms with van der Waals surface area (Å²) in [6.07, 6.45) is -0.770. The van der Waals surface area contributed by atoms with Gasteiger partial charge in [-0.3, -0.25) is 5.10 Å². The number of aromatic amines is 1. The number of aromatic nitrogens is 3. The molecule has 0 aromatic carbocycles. The second-order valence-corrected chi connectivity index (χ2v) is 3.03. The molecule has 1 rings (SSSR count). The Bertz CT molecular complexity index is 336. The molecule has 0 fully saturated rings. The van der Waals surface area contributed by atoms with Crippen LogP contribution in [0.4, 0.5) is 0 Å². The largest absolute Gasteiger partial charge is 0.460 e. The van der Waals surface area contributed by atoms with E-state index in [1.54, 1.807) is 6.92 Å². The summed E-state index contributed by atoms with van der Waals surface area (Å²) in [6, 6.07) is -0.694. The monoisotopic (exact) mass is 214 g/mol. The number of nitrogens with two attached hydrogens (primary N) is 1. The zero-order chi connectivity index (χ0) is 11.4. The van der Waals surface area contributed by atoms with E-state index in [9.17, 15) is 9.90 Å². The maximum Gasteiger partial charge on any atom is 0.378 e. The molecule has 2 atom stereocenters. The maximum atomic E-state index is 11.2. The molecule has 84 valence electrons. The Morgan fingerprint density at radius 3 is 2.93 bits per heavy atom. The molecule has 0 saturated heterocycles. The van der Waals surface area contributed by atoms with Gasteiger partial charge in [-0.1, -0.05) is 0 Å². The lowest BCUT2D eigenvalue weighted by molar-refractivity contribution is 0.0512. The molecule has 0 unspecified atom stereocenters. The van der Waals surface area contributed by atoms with Gasteiger partial charge in [-0.15, -0.1) is 5.10 Å². The van der Waals surface area contributed by atoms with Gasteiger partial charge in [0.05, 0.1) is 18.8 Å². The summed E-state index contributed by atoms with van der Waals surface area (Å²) in [7, 11) is 0. The third-order valence-electron chi connectivity index (χ3n) is 1.80. The van der Waals surface area contributed by atoms with Crippen LogP contribution in [-0.4, -0.2) is 39.0 Å². The van der Waals surface area contributed by atoms with Gasteiger partial charge >= 0.3 is 5.97 Å². The van der Waals surface area contributed by atoms with Crippen molar-refractivity contribution in [2.45, 2.75) is 26.0 Å². The first-order chi connectivity index (χ1) is 7.06. The highest BCUT2D eigenvalue weighted by Gasteiger charge is 2.19. The number of nitrogens with zero attached hydrogens (tertiary/aromatic N) is 2. The lowest BCUT2D eigenvalue weighted by Gasteiger charge is -2.09. The summed E-state index contributed by atoms with van der Waals surface area (Å²) < 4.78 is 4.69. The number of esters is 1. The maximum absolute atomic E-state index is 11.2. The first-order valence-corrected chi connectivity index (χ1v) is 4.59. The molecule has 0 amide bonds. The van der Waals surface area contributed by atoms with Crippen molar-refractivity contribution in [2.24, 2.45) is 5.73 Å². The highest BCUT2D eigenvalue weighted by Crippen LogP contribution is 2.08. The van der Waals surface area contributed by atoms with Crippen LogP contribution in [0.15, 0.2) is 0 Å². The SMILES string of the molecule is CCOC(=O)c1n[nH]c([C@@H](N)[C@@H](C)O)n1. The van der Waals surface area contributed by atoms with Gasteiger partial charge in [0.2, 0.25) is 0 Å². The van der Waals surface area contributed by atoms with E-state index in [1.807, 2.05) is 0 Å². The molecule has 0 spiro atoms. The fourth-order valence-corrected chi connectivity index (χ4v) is 0.939. The third-order valence-corrected chi connectivity index (χ3v) is 1.80. The zero-order valence-corrected chi connectivity index (χ0v) is 8.60. The molecule has 0 saturated carbocycles. The van der Waals surface area contributed by atoms with Gasteiger partial charge in [-0.05, 0) is 13.8 Å². The van der Waals surface area contributed by atoms with Gasteiger partial charge in [0.15, 0.2) is 0 Å². The highest BCUT2D eigenvalue weighted by atomic mass is 16.5. The molecule has 7 heteroatoms. The summed E-state index contributed by atoms with van der Waals surface area (Å²) >= 11 is 0. The first kappa shape index (κ1) is 11.6. The van der Waals surface area contributed by atoms with Crippen molar-refractivity contribution < 1.29 is 14.6 Å². The molecule has 1 aromatic heterocycles. The normalized spacial score (nSPS) is 14.7. The zero-order valence-electron chi connectivity index (χ0n) is 8.60. The van der Waals surface area contributed by atoms with Crippen LogP contribution in [0.1, 0.15) is 36.3 Å². The third kappa shape index (κ3) is 2.74. The minimum Gasteiger partial charge on any atom is -0.460 e. The summed E-state index contributed by atoms with van der Waals surface area (Å²) in [6.45, 7) is 3.47. The number of nitrogens with one attached hydrogen (secondary N) is 1. The van der Waals surface area contributed by atoms with Crippen LogP contribution in [-0.2, 0) is 4.74 Å². The van der Waals surface area contributed by atoms with Crippen LogP contribution in [0.2, 0.25) is 0 Å². The molecular formula is C8H14N4O3. The number of H-pyrrole nitrogens is 1. The minimum absolute atomic E-state index is 0.0806. The number of aliphatic hydroxyl groups excluding tert-OH is 1. The topological polar surface area (TPSA) is 114 Å². The van der Waals surface area contributed by atoms with Crippen molar-refractivity contribution in [3.63, 3.8) is 0 Å². The molecule has 1 aromatic rings. The fraction of sp³-hybridized carbons (Fsp3) is 0.625. The number of aliphatic hydroxyl groups is 1. The Morgan fingerprint density at radius 1 is 1.73 bits per heavy atom. The van der Waals surface area contributed by atoms with Crippen molar-refractivity contribution >= 4 is 5.97 Å². The second kappa shape index (κ2) is 4.85. The Kier molecular flexibility index (Phi) is 3.75. The average Bonchev–Trinajstić information content (AvgIpc) is 2.65. The molecular weight excluding hydrogens is 200 g/mol. The van der Waals surface area contributed by atoms with Crippen LogP contribution in [0.25, 0.3) is 0 Å². The van der Waals surface area contributed by atoms with Crippen molar-refractivity contribution in [1.82, 2.24) is 15.2 Å². The molecule has 1 heterocycles. The average molecular weight is 214 g/mol. The van der Waals surface area contributed by atoms with E-state index in [1.165, 1.54) is 6.92 Å². The molecule has 0 aliphatic rings. The van der Waals surface area contributed by atoms with E-state index < -0.39 is 18.1 Å².